The molecule has 0 bridgehead atoms. The first kappa shape index (κ1) is 26.3. The lowest BCUT2D eigenvalue weighted by Gasteiger charge is -2.44. The minimum atomic E-state index is -0.133. The third kappa shape index (κ3) is 5.57. The van der Waals surface area contributed by atoms with Crippen molar-refractivity contribution in [3.8, 4) is 6.07 Å². The molecule has 2 amide bonds. The molecule has 0 aromatic rings. The molecule has 3 aliphatic heterocycles. The summed E-state index contributed by atoms with van der Waals surface area (Å²) in [4.78, 5) is 28.7. The third-order valence-corrected chi connectivity index (χ3v) is 10.9. The molecule has 9 heteroatoms. The molecule has 200 valence electrons. The number of piperidine rings is 2. The van der Waals surface area contributed by atoms with E-state index in [1.54, 1.807) is 18.9 Å². The van der Waals surface area contributed by atoms with Crippen LogP contribution in [-0.2, 0) is 14.3 Å². The van der Waals surface area contributed by atoms with E-state index in [4.69, 9.17) is 4.74 Å². The van der Waals surface area contributed by atoms with Crippen LogP contribution in [-0.4, -0.2) is 72.4 Å². The Morgan fingerprint density at radius 3 is 2.67 bits per heavy atom. The highest BCUT2D eigenvalue weighted by Crippen LogP contribution is 2.42. The predicted octanol–water partition coefficient (Wildman–Crippen LogP) is 2.45. The molecule has 2 aliphatic carbocycles. The molecule has 0 aromatic heterocycles. The summed E-state index contributed by atoms with van der Waals surface area (Å²) in [5.41, 5.74) is -0.120. The number of carbonyl (C=O) groups excluding carboxylic acids is 2. The van der Waals surface area contributed by atoms with Crippen LogP contribution in [0.1, 0.15) is 64.7 Å². The normalized spacial score (nSPS) is 41.5. The molecule has 0 spiro atoms. The molecule has 36 heavy (non-hydrogen) atoms. The maximum Gasteiger partial charge on any atom is 0.226 e. The van der Waals surface area contributed by atoms with E-state index in [0.29, 0.717) is 29.8 Å². The van der Waals surface area contributed by atoms with Crippen LogP contribution in [0.2, 0.25) is 0 Å². The van der Waals surface area contributed by atoms with Gasteiger partial charge in [0, 0.05) is 55.9 Å². The standard InChI is InChI=1S/C27H43N5O3S/c1-16-11-19(20-12-17(13-28)7-8-23(20)35-2)21(14-29-16)25(33)31-27-30-22-9-10-32(15-24(22)36-27)26(34)18-5-3-4-6-18/h16-24,27,29-30H,3-12,14-15H2,1-2H3,(H,31,33). The van der Waals surface area contributed by atoms with E-state index in [1.165, 1.54) is 12.8 Å². The number of hydrogen-bond donors (Lipinski definition) is 3. The molecule has 0 radical (unpaired) electrons. The first-order valence-corrected chi connectivity index (χ1v) is 15.1. The van der Waals surface area contributed by atoms with Gasteiger partial charge in [0.15, 0.2) is 0 Å². The zero-order chi connectivity index (χ0) is 25.2. The fourth-order valence-corrected chi connectivity index (χ4v) is 8.99. The van der Waals surface area contributed by atoms with Crippen LogP contribution in [0.5, 0.6) is 0 Å². The molecule has 2 saturated carbocycles. The first-order valence-electron chi connectivity index (χ1n) is 14.1. The van der Waals surface area contributed by atoms with Gasteiger partial charge in [0.25, 0.3) is 0 Å². The van der Waals surface area contributed by atoms with Crippen molar-refractivity contribution in [1.29, 1.82) is 5.26 Å². The number of fused-ring (bicyclic) bond motifs is 1. The molecular weight excluding hydrogens is 474 g/mol. The number of ether oxygens (including phenoxy) is 1. The highest BCUT2D eigenvalue weighted by molar-refractivity contribution is 8.00. The first-order chi connectivity index (χ1) is 17.5. The summed E-state index contributed by atoms with van der Waals surface area (Å²) in [5.74, 6) is 1.03. The van der Waals surface area contributed by atoms with Crippen molar-refractivity contribution in [2.24, 2.45) is 29.6 Å². The molecule has 5 rings (SSSR count). The molecule has 8 nitrogen and oxygen atoms in total. The van der Waals surface area contributed by atoms with Gasteiger partial charge in [-0.05, 0) is 63.7 Å². The zero-order valence-electron chi connectivity index (χ0n) is 21.8. The van der Waals surface area contributed by atoms with Gasteiger partial charge in [0.2, 0.25) is 11.8 Å². The van der Waals surface area contributed by atoms with Crippen molar-refractivity contribution in [2.45, 2.75) is 93.6 Å². The van der Waals surface area contributed by atoms with Crippen LogP contribution in [0.15, 0.2) is 0 Å². The lowest BCUT2D eigenvalue weighted by Crippen LogP contribution is -2.55. The number of carbonyl (C=O) groups is 2. The second kappa shape index (κ2) is 11.6. The Bertz CT molecular complexity index is 846. The molecule has 9 atom stereocenters. The number of thioether (sulfide) groups is 1. The van der Waals surface area contributed by atoms with Crippen LogP contribution in [0.3, 0.4) is 0 Å². The van der Waals surface area contributed by atoms with E-state index >= 15 is 0 Å². The number of hydrogen-bond acceptors (Lipinski definition) is 7. The summed E-state index contributed by atoms with van der Waals surface area (Å²) >= 11 is 1.77. The van der Waals surface area contributed by atoms with Crippen LogP contribution in [0.25, 0.3) is 0 Å². The summed E-state index contributed by atoms with van der Waals surface area (Å²) in [7, 11) is 1.77. The minimum absolute atomic E-state index is 0.0559. The van der Waals surface area contributed by atoms with Crippen LogP contribution >= 0.6 is 11.8 Å². The van der Waals surface area contributed by atoms with Crippen molar-refractivity contribution in [2.75, 3.05) is 26.7 Å². The van der Waals surface area contributed by atoms with Gasteiger partial charge in [-0.3, -0.25) is 14.9 Å². The fourth-order valence-electron chi connectivity index (χ4n) is 7.53. The fraction of sp³-hybridized carbons (Fsp3) is 0.889. The Labute approximate surface area is 220 Å². The summed E-state index contributed by atoms with van der Waals surface area (Å²) in [6.45, 7) is 4.45. The molecule has 3 heterocycles. The van der Waals surface area contributed by atoms with E-state index in [0.717, 1.165) is 58.0 Å². The summed E-state index contributed by atoms with van der Waals surface area (Å²) in [6, 6.07) is 3.16. The SMILES string of the molecule is COC1CCC(C#N)CC1C1CC(C)NCC1C(=O)NC1NC2CCN(C(=O)C3CCCC3)CC2S1. The molecular formula is C27H43N5O3S. The summed E-state index contributed by atoms with van der Waals surface area (Å²) in [6.07, 6.45) is 9.04. The number of rotatable bonds is 5. The van der Waals surface area contributed by atoms with Gasteiger partial charge in [-0.1, -0.05) is 12.8 Å². The Kier molecular flexibility index (Phi) is 8.46. The average Bonchev–Trinajstić information content (AvgIpc) is 3.57. The summed E-state index contributed by atoms with van der Waals surface area (Å²) in [5, 5.41) is 20.4. The number of likely N-dealkylation sites (tertiary alicyclic amines) is 1. The van der Waals surface area contributed by atoms with E-state index < -0.39 is 0 Å². The molecule has 3 saturated heterocycles. The van der Waals surface area contributed by atoms with Gasteiger partial charge < -0.3 is 20.3 Å². The van der Waals surface area contributed by atoms with E-state index in [9.17, 15) is 14.9 Å². The second-order valence-electron chi connectivity index (χ2n) is 11.8. The maximum atomic E-state index is 13.6. The van der Waals surface area contributed by atoms with Gasteiger partial charge in [0.1, 0.15) is 5.50 Å². The van der Waals surface area contributed by atoms with E-state index in [1.807, 2.05) is 0 Å². The van der Waals surface area contributed by atoms with E-state index in [-0.39, 0.29) is 47.1 Å². The topological polar surface area (TPSA) is 106 Å². The van der Waals surface area contributed by atoms with Crippen LogP contribution in [0.4, 0.5) is 0 Å². The Hall–Kier alpha value is -1.34. The van der Waals surface area contributed by atoms with Gasteiger partial charge in [0.05, 0.1) is 18.1 Å². The third-order valence-electron chi connectivity index (χ3n) is 9.56. The van der Waals surface area contributed by atoms with E-state index in [2.05, 4.69) is 33.8 Å². The highest BCUT2D eigenvalue weighted by Gasteiger charge is 2.46. The van der Waals surface area contributed by atoms with Gasteiger partial charge in [-0.15, -0.1) is 11.8 Å². The monoisotopic (exact) mass is 517 g/mol. The number of amides is 2. The zero-order valence-corrected chi connectivity index (χ0v) is 22.6. The lowest BCUT2D eigenvalue weighted by atomic mass is 9.66. The Balaban J connectivity index is 1.20. The minimum Gasteiger partial charge on any atom is -0.381 e. The van der Waals surface area contributed by atoms with Crippen molar-refractivity contribution in [3.05, 3.63) is 0 Å². The molecule has 0 aromatic carbocycles. The lowest BCUT2D eigenvalue weighted by molar-refractivity contribution is -0.136. The largest absolute Gasteiger partial charge is 0.381 e. The molecule has 9 unspecified atom stereocenters. The van der Waals surface area contributed by atoms with Gasteiger partial charge in [-0.2, -0.15) is 5.26 Å². The van der Waals surface area contributed by atoms with Crippen LogP contribution < -0.4 is 16.0 Å². The smallest absolute Gasteiger partial charge is 0.226 e. The Morgan fingerprint density at radius 2 is 1.92 bits per heavy atom. The predicted molar refractivity (Wildman–Crippen MR) is 140 cm³/mol. The summed E-state index contributed by atoms with van der Waals surface area (Å²) < 4.78 is 5.87. The molecule has 3 N–H and O–H groups in total. The van der Waals surface area contributed by atoms with Gasteiger partial charge >= 0.3 is 0 Å². The van der Waals surface area contributed by atoms with Crippen molar-refractivity contribution in [3.63, 3.8) is 0 Å². The average molecular weight is 518 g/mol. The van der Waals surface area contributed by atoms with Crippen molar-refractivity contribution >= 4 is 23.6 Å². The number of nitrogens with one attached hydrogen (secondary N) is 3. The molecule has 5 aliphatic rings. The molecule has 5 fully saturated rings. The number of nitriles is 1. The maximum absolute atomic E-state index is 13.6. The van der Waals surface area contributed by atoms with Gasteiger partial charge in [-0.25, -0.2) is 0 Å². The van der Waals surface area contributed by atoms with Crippen LogP contribution in [0, 0.1) is 40.9 Å². The quantitative estimate of drug-likeness (QED) is 0.514. The highest BCUT2D eigenvalue weighted by atomic mass is 32.2. The second-order valence-corrected chi connectivity index (χ2v) is 13.1. The number of nitrogens with zero attached hydrogens (tertiary/aromatic N) is 2. The number of methoxy groups -OCH3 is 1. The van der Waals surface area contributed by atoms with Crippen molar-refractivity contribution in [1.82, 2.24) is 20.9 Å². The Morgan fingerprint density at radius 1 is 1.11 bits per heavy atom. The van der Waals surface area contributed by atoms with Crippen molar-refractivity contribution < 1.29 is 14.3 Å².